The van der Waals surface area contributed by atoms with E-state index in [1.807, 2.05) is 45.9 Å². The van der Waals surface area contributed by atoms with Crippen molar-refractivity contribution >= 4 is 17.6 Å². The summed E-state index contributed by atoms with van der Waals surface area (Å²) in [5.41, 5.74) is 2.63. The molecule has 1 amide bonds. The number of esters is 1. The average molecular weight is 334 g/mol. The van der Waals surface area contributed by atoms with Crippen LogP contribution in [-0.4, -0.2) is 31.6 Å². The van der Waals surface area contributed by atoms with Crippen molar-refractivity contribution in [1.82, 2.24) is 5.32 Å². The van der Waals surface area contributed by atoms with Crippen molar-refractivity contribution in [2.45, 2.75) is 53.5 Å². The molecule has 5 heteroatoms. The second-order valence-electron chi connectivity index (χ2n) is 7.45. The van der Waals surface area contributed by atoms with Crippen molar-refractivity contribution in [2.24, 2.45) is 5.41 Å². The van der Waals surface area contributed by atoms with Crippen LogP contribution < -0.4 is 10.6 Å². The number of methoxy groups -OCH3 is 1. The molecule has 134 valence electrons. The third kappa shape index (κ3) is 5.34. The van der Waals surface area contributed by atoms with E-state index in [1.54, 1.807) is 0 Å². The van der Waals surface area contributed by atoms with Gasteiger partial charge in [-0.3, -0.25) is 14.9 Å². The first-order valence-electron chi connectivity index (χ1n) is 8.28. The van der Waals surface area contributed by atoms with Crippen LogP contribution >= 0.6 is 0 Å². The van der Waals surface area contributed by atoms with Gasteiger partial charge in [0.1, 0.15) is 6.04 Å². The van der Waals surface area contributed by atoms with Gasteiger partial charge in [-0.15, -0.1) is 0 Å². The molecular formula is C19H30N2O3. The molecule has 0 aromatic heterocycles. The van der Waals surface area contributed by atoms with Gasteiger partial charge < -0.3 is 10.1 Å². The molecule has 1 aromatic carbocycles. The molecule has 0 unspecified atom stereocenters. The molecule has 0 spiro atoms. The minimum Gasteiger partial charge on any atom is -0.468 e. The lowest BCUT2D eigenvalue weighted by Crippen LogP contribution is -2.49. The quantitative estimate of drug-likeness (QED) is 0.784. The predicted molar refractivity (Wildman–Crippen MR) is 97.2 cm³/mol. The van der Waals surface area contributed by atoms with Crippen LogP contribution in [0.2, 0.25) is 0 Å². The Morgan fingerprint density at radius 2 is 1.83 bits per heavy atom. The molecule has 0 aliphatic rings. The van der Waals surface area contributed by atoms with E-state index in [0.29, 0.717) is 5.92 Å². The lowest BCUT2D eigenvalue weighted by Gasteiger charge is -2.29. The molecule has 2 N–H and O–H groups in total. The van der Waals surface area contributed by atoms with Crippen LogP contribution in [0.25, 0.3) is 0 Å². The van der Waals surface area contributed by atoms with Crippen molar-refractivity contribution in [3.8, 4) is 0 Å². The number of carbonyl (C=O) groups is 2. The Bertz CT molecular complexity index is 589. The molecule has 0 heterocycles. The van der Waals surface area contributed by atoms with E-state index in [2.05, 4.69) is 24.5 Å². The van der Waals surface area contributed by atoms with Crippen LogP contribution in [0.15, 0.2) is 18.2 Å². The molecule has 0 saturated carbocycles. The van der Waals surface area contributed by atoms with Crippen molar-refractivity contribution in [3.05, 3.63) is 29.3 Å². The third-order valence-corrected chi connectivity index (χ3v) is 3.96. The highest BCUT2D eigenvalue weighted by Crippen LogP contribution is 2.27. The van der Waals surface area contributed by atoms with Gasteiger partial charge >= 0.3 is 5.97 Å². The number of benzene rings is 1. The van der Waals surface area contributed by atoms with Gasteiger partial charge in [0, 0.05) is 5.69 Å². The smallest absolute Gasteiger partial charge is 0.323 e. The minimum absolute atomic E-state index is 0.0445. The number of rotatable bonds is 6. The molecule has 0 saturated heterocycles. The van der Waals surface area contributed by atoms with Gasteiger partial charge in [0.15, 0.2) is 0 Å². The summed E-state index contributed by atoms with van der Waals surface area (Å²) in [4.78, 5) is 24.3. The van der Waals surface area contributed by atoms with E-state index in [9.17, 15) is 9.59 Å². The van der Waals surface area contributed by atoms with Crippen LogP contribution in [0.4, 0.5) is 5.69 Å². The maximum atomic E-state index is 12.4. The fourth-order valence-corrected chi connectivity index (χ4v) is 2.58. The number of ether oxygens (including phenoxy) is 1. The molecule has 5 nitrogen and oxygen atoms in total. The summed E-state index contributed by atoms with van der Waals surface area (Å²) in [6.45, 7) is 12.0. The maximum absolute atomic E-state index is 12.4. The first-order chi connectivity index (χ1) is 11.1. The SMILES string of the molecule is COC(=O)[C@@H](NCC(=O)Nc1c(C)cccc1C(C)C)C(C)(C)C. The van der Waals surface area contributed by atoms with Crippen molar-refractivity contribution in [1.29, 1.82) is 0 Å². The summed E-state index contributed by atoms with van der Waals surface area (Å²) in [5.74, 6) is -0.232. The fraction of sp³-hybridized carbons (Fsp3) is 0.579. The second-order valence-corrected chi connectivity index (χ2v) is 7.45. The van der Waals surface area contributed by atoms with Gasteiger partial charge in [0.25, 0.3) is 0 Å². The second kappa shape index (κ2) is 8.29. The Morgan fingerprint density at radius 3 is 2.33 bits per heavy atom. The maximum Gasteiger partial charge on any atom is 0.323 e. The molecule has 1 atom stereocenters. The van der Waals surface area contributed by atoms with E-state index < -0.39 is 6.04 Å². The number of hydrogen-bond acceptors (Lipinski definition) is 4. The molecule has 24 heavy (non-hydrogen) atoms. The van der Waals surface area contributed by atoms with E-state index in [0.717, 1.165) is 16.8 Å². The molecule has 0 bridgehead atoms. The molecule has 0 aliphatic carbocycles. The Balaban J connectivity index is 2.82. The summed E-state index contributed by atoms with van der Waals surface area (Å²) in [6.07, 6.45) is 0. The third-order valence-electron chi connectivity index (χ3n) is 3.96. The molecule has 0 radical (unpaired) electrons. The Labute approximate surface area is 145 Å². The monoisotopic (exact) mass is 334 g/mol. The highest BCUT2D eigenvalue weighted by molar-refractivity contribution is 5.94. The standard InChI is InChI=1S/C19H30N2O3/c1-12(2)14-10-8-9-13(3)16(14)21-15(22)11-20-17(18(23)24-7)19(4,5)6/h8-10,12,17,20H,11H2,1-7H3,(H,21,22)/t17-/m1/s1. The topological polar surface area (TPSA) is 67.4 Å². The molecular weight excluding hydrogens is 304 g/mol. The number of aryl methyl sites for hydroxylation is 1. The Hall–Kier alpha value is -1.88. The number of nitrogens with one attached hydrogen (secondary N) is 2. The Kier molecular flexibility index (Phi) is 6.96. The van der Waals surface area contributed by atoms with Crippen LogP contribution in [0, 0.1) is 12.3 Å². The van der Waals surface area contributed by atoms with Gasteiger partial charge in [0.05, 0.1) is 13.7 Å². The van der Waals surface area contributed by atoms with Crippen LogP contribution in [0.5, 0.6) is 0 Å². The summed E-state index contributed by atoms with van der Waals surface area (Å²) in [6, 6.07) is 5.44. The molecule has 1 aromatic rings. The molecule has 0 aliphatic heterocycles. The minimum atomic E-state index is -0.547. The average Bonchev–Trinajstić information content (AvgIpc) is 2.47. The summed E-state index contributed by atoms with van der Waals surface area (Å²) in [7, 11) is 1.35. The fourth-order valence-electron chi connectivity index (χ4n) is 2.58. The number of carbonyl (C=O) groups excluding carboxylic acids is 2. The number of anilines is 1. The van der Waals surface area contributed by atoms with Crippen LogP contribution in [0.1, 0.15) is 51.7 Å². The van der Waals surface area contributed by atoms with Crippen molar-refractivity contribution in [2.75, 3.05) is 19.0 Å². The van der Waals surface area contributed by atoms with Crippen molar-refractivity contribution in [3.63, 3.8) is 0 Å². The predicted octanol–water partition coefficient (Wildman–Crippen LogP) is 3.23. The zero-order chi connectivity index (χ0) is 18.5. The van der Waals surface area contributed by atoms with Crippen LogP contribution in [0.3, 0.4) is 0 Å². The normalized spacial score (nSPS) is 12.8. The lowest BCUT2D eigenvalue weighted by atomic mass is 9.87. The van der Waals surface area contributed by atoms with E-state index in [1.165, 1.54) is 7.11 Å². The van der Waals surface area contributed by atoms with E-state index >= 15 is 0 Å². The molecule has 1 rings (SSSR count). The first kappa shape index (κ1) is 20.2. The van der Waals surface area contributed by atoms with Gasteiger partial charge in [-0.2, -0.15) is 0 Å². The summed E-state index contributed by atoms with van der Waals surface area (Å²) in [5, 5.41) is 5.98. The highest BCUT2D eigenvalue weighted by atomic mass is 16.5. The lowest BCUT2D eigenvalue weighted by molar-refractivity contribution is -0.146. The van der Waals surface area contributed by atoms with E-state index in [4.69, 9.17) is 4.74 Å². The summed E-state index contributed by atoms with van der Waals surface area (Å²) >= 11 is 0. The van der Waals surface area contributed by atoms with Crippen molar-refractivity contribution < 1.29 is 14.3 Å². The van der Waals surface area contributed by atoms with Gasteiger partial charge in [-0.25, -0.2) is 0 Å². The summed E-state index contributed by atoms with van der Waals surface area (Å²) < 4.78 is 4.83. The van der Waals surface area contributed by atoms with Gasteiger partial charge in [-0.05, 0) is 29.4 Å². The zero-order valence-electron chi connectivity index (χ0n) is 15.8. The number of hydrogen-bond donors (Lipinski definition) is 2. The first-order valence-corrected chi connectivity index (χ1v) is 8.28. The molecule has 0 fully saturated rings. The number of amides is 1. The van der Waals surface area contributed by atoms with Crippen LogP contribution in [-0.2, 0) is 14.3 Å². The number of para-hydroxylation sites is 1. The zero-order valence-corrected chi connectivity index (χ0v) is 15.8. The van der Waals surface area contributed by atoms with Gasteiger partial charge in [0.2, 0.25) is 5.91 Å². The largest absolute Gasteiger partial charge is 0.468 e. The Morgan fingerprint density at radius 1 is 1.21 bits per heavy atom. The van der Waals surface area contributed by atoms with Gasteiger partial charge in [-0.1, -0.05) is 52.8 Å². The van der Waals surface area contributed by atoms with E-state index in [-0.39, 0.29) is 23.8 Å². The highest BCUT2D eigenvalue weighted by Gasteiger charge is 2.32.